The molecule has 0 fully saturated rings. The lowest BCUT2D eigenvalue weighted by molar-refractivity contribution is -0.385. The third kappa shape index (κ3) is 6.20. The topological polar surface area (TPSA) is 145 Å². The molecule has 1 heterocycles. The molecule has 0 bridgehead atoms. The van der Waals surface area contributed by atoms with Crippen LogP contribution < -0.4 is 14.8 Å². The summed E-state index contributed by atoms with van der Waals surface area (Å²) in [4.78, 5) is 23.3. The molecule has 0 spiro atoms. The van der Waals surface area contributed by atoms with Crippen LogP contribution in [0, 0.1) is 30.9 Å². The van der Waals surface area contributed by atoms with E-state index in [2.05, 4.69) is 15.1 Å². The summed E-state index contributed by atoms with van der Waals surface area (Å²) < 4.78 is 36.7. The summed E-state index contributed by atoms with van der Waals surface area (Å²) in [6.07, 6.45) is 1.25. The second kappa shape index (κ2) is 11.7. The second-order valence-electron chi connectivity index (χ2n) is 9.16. The van der Waals surface area contributed by atoms with E-state index < -0.39 is 37.5 Å². The van der Waals surface area contributed by atoms with Gasteiger partial charge < -0.3 is 10.1 Å². The van der Waals surface area contributed by atoms with Crippen LogP contribution in [0.4, 0.5) is 5.69 Å². The van der Waals surface area contributed by atoms with E-state index in [4.69, 9.17) is 4.74 Å². The number of rotatable bonds is 11. The predicted molar refractivity (Wildman–Crippen MR) is 144 cm³/mol. The summed E-state index contributed by atoms with van der Waals surface area (Å²) in [6.45, 7) is 11.3. The summed E-state index contributed by atoms with van der Waals surface area (Å²) in [5.41, 5.74) is 2.54. The number of aryl methyl sites for hydroxylation is 2. The number of carbonyl (C=O) groups is 1. The highest BCUT2D eigenvalue weighted by molar-refractivity contribution is 7.89. The molecule has 0 aliphatic rings. The molecule has 38 heavy (non-hydrogen) atoms. The molecule has 3 aromatic rings. The van der Waals surface area contributed by atoms with Gasteiger partial charge in [-0.1, -0.05) is 26.0 Å². The Labute approximate surface area is 222 Å². The van der Waals surface area contributed by atoms with Gasteiger partial charge in [-0.2, -0.15) is 9.78 Å². The minimum atomic E-state index is -4.19. The molecule has 1 amide bonds. The van der Waals surface area contributed by atoms with Crippen LogP contribution in [0.5, 0.6) is 11.6 Å². The number of hydrogen-bond acceptors (Lipinski definition) is 7. The van der Waals surface area contributed by atoms with Gasteiger partial charge in [0.05, 0.1) is 10.6 Å². The number of carbonyl (C=O) groups excluding carboxylic acids is 1. The fraction of sp³-hybridized carbons (Fsp3) is 0.385. The van der Waals surface area contributed by atoms with Crippen LogP contribution >= 0.6 is 0 Å². The first-order chi connectivity index (χ1) is 17.9. The highest BCUT2D eigenvalue weighted by Gasteiger charge is 2.28. The summed E-state index contributed by atoms with van der Waals surface area (Å²) >= 11 is 0. The van der Waals surface area contributed by atoms with Crippen molar-refractivity contribution in [2.45, 2.75) is 65.3 Å². The van der Waals surface area contributed by atoms with E-state index in [0.29, 0.717) is 24.2 Å². The predicted octanol–water partition coefficient (Wildman–Crippen LogP) is 4.71. The van der Waals surface area contributed by atoms with Crippen molar-refractivity contribution in [3.63, 3.8) is 0 Å². The first kappa shape index (κ1) is 28.8. The van der Waals surface area contributed by atoms with Gasteiger partial charge in [-0.05, 0) is 63.8 Å². The third-order valence-electron chi connectivity index (χ3n) is 6.01. The molecule has 0 radical (unpaired) electrons. The first-order valence-electron chi connectivity index (χ1n) is 12.3. The normalized spacial score (nSPS) is 12.3. The fourth-order valence-electron chi connectivity index (χ4n) is 3.67. The summed E-state index contributed by atoms with van der Waals surface area (Å²) in [5.74, 6) is -0.413. The summed E-state index contributed by atoms with van der Waals surface area (Å²) in [5, 5.41) is 18.8. The Morgan fingerprint density at radius 3 is 2.50 bits per heavy atom. The SMILES string of the molecule is CCCNC(=O)c1nn(-c2cc(C)ccc2C)c(Oc2ccc([N+](=O)[O-])cc2S(=O)(=O)NC(C)CC)c1C. The van der Waals surface area contributed by atoms with Gasteiger partial charge in [0.1, 0.15) is 10.6 Å². The van der Waals surface area contributed by atoms with Crippen molar-refractivity contribution in [3.8, 4) is 17.3 Å². The highest BCUT2D eigenvalue weighted by Crippen LogP contribution is 2.36. The van der Waals surface area contributed by atoms with Crippen molar-refractivity contribution >= 4 is 21.6 Å². The number of amides is 1. The average Bonchev–Trinajstić information content (AvgIpc) is 3.19. The maximum absolute atomic E-state index is 13.3. The van der Waals surface area contributed by atoms with Crippen LogP contribution in [0.2, 0.25) is 0 Å². The van der Waals surface area contributed by atoms with Crippen LogP contribution in [0.1, 0.15) is 60.8 Å². The van der Waals surface area contributed by atoms with E-state index in [0.717, 1.165) is 23.6 Å². The number of benzene rings is 2. The van der Waals surface area contributed by atoms with E-state index in [1.165, 1.54) is 16.8 Å². The van der Waals surface area contributed by atoms with Crippen LogP contribution in [0.15, 0.2) is 41.3 Å². The quantitative estimate of drug-likeness (QED) is 0.263. The van der Waals surface area contributed by atoms with Gasteiger partial charge in [0.15, 0.2) is 5.69 Å². The number of hydrogen-bond donors (Lipinski definition) is 2. The van der Waals surface area contributed by atoms with Gasteiger partial charge in [-0.3, -0.25) is 14.9 Å². The van der Waals surface area contributed by atoms with Crippen LogP contribution in [0.3, 0.4) is 0 Å². The van der Waals surface area contributed by atoms with Crippen molar-refractivity contribution in [1.82, 2.24) is 19.8 Å². The molecule has 204 valence electrons. The molecule has 0 saturated heterocycles. The van der Waals surface area contributed by atoms with Gasteiger partial charge in [-0.15, -0.1) is 0 Å². The maximum Gasteiger partial charge on any atom is 0.272 e. The molecule has 11 nitrogen and oxygen atoms in total. The monoisotopic (exact) mass is 543 g/mol. The van der Waals surface area contributed by atoms with Gasteiger partial charge in [0.25, 0.3) is 11.6 Å². The largest absolute Gasteiger partial charge is 0.437 e. The Hall–Kier alpha value is -3.77. The molecule has 0 saturated carbocycles. The number of nitrogens with zero attached hydrogens (tertiary/aromatic N) is 3. The molecule has 0 aliphatic heterocycles. The zero-order valence-electron chi connectivity index (χ0n) is 22.4. The molecule has 1 unspecified atom stereocenters. The molecule has 2 aromatic carbocycles. The number of nitro groups is 1. The minimum absolute atomic E-state index is 0.120. The molecule has 1 aromatic heterocycles. The maximum atomic E-state index is 13.3. The van der Waals surface area contributed by atoms with E-state index in [9.17, 15) is 23.3 Å². The van der Waals surface area contributed by atoms with Crippen molar-refractivity contribution in [2.24, 2.45) is 0 Å². The molecule has 1 atom stereocenters. The van der Waals surface area contributed by atoms with Crippen LogP contribution in [-0.4, -0.2) is 41.6 Å². The van der Waals surface area contributed by atoms with Gasteiger partial charge in [0.2, 0.25) is 15.9 Å². The van der Waals surface area contributed by atoms with Crippen molar-refractivity contribution < 1.29 is 22.9 Å². The van der Waals surface area contributed by atoms with Gasteiger partial charge in [0, 0.05) is 30.3 Å². The molecule has 12 heteroatoms. The Balaban J connectivity index is 2.24. The lowest BCUT2D eigenvalue weighted by Crippen LogP contribution is -2.32. The highest BCUT2D eigenvalue weighted by atomic mass is 32.2. The molecular formula is C26H33N5O6S. The Kier molecular flexibility index (Phi) is 8.89. The van der Waals surface area contributed by atoms with E-state index in [1.54, 1.807) is 13.8 Å². The number of nitro benzene ring substituents is 1. The molecule has 3 rings (SSSR count). The Morgan fingerprint density at radius 2 is 1.87 bits per heavy atom. The molecule has 0 aliphatic carbocycles. The smallest absolute Gasteiger partial charge is 0.272 e. The molecular weight excluding hydrogens is 510 g/mol. The van der Waals surface area contributed by atoms with E-state index in [1.807, 2.05) is 45.9 Å². The number of nitrogens with one attached hydrogen (secondary N) is 2. The lowest BCUT2D eigenvalue weighted by atomic mass is 10.1. The number of ether oxygens (including phenoxy) is 1. The molecule has 2 N–H and O–H groups in total. The second-order valence-corrected chi connectivity index (χ2v) is 10.8. The number of aromatic nitrogens is 2. The third-order valence-corrected chi connectivity index (χ3v) is 7.63. The number of sulfonamides is 1. The van der Waals surface area contributed by atoms with Crippen LogP contribution in [0.25, 0.3) is 5.69 Å². The van der Waals surface area contributed by atoms with Crippen molar-refractivity contribution in [3.05, 3.63) is 68.9 Å². The van der Waals surface area contributed by atoms with Crippen LogP contribution in [-0.2, 0) is 10.0 Å². The first-order valence-corrected chi connectivity index (χ1v) is 13.8. The fourth-order valence-corrected chi connectivity index (χ4v) is 5.14. The van der Waals surface area contributed by atoms with Crippen molar-refractivity contribution in [1.29, 1.82) is 0 Å². The van der Waals surface area contributed by atoms with Gasteiger partial charge in [-0.25, -0.2) is 13.1 Å². The Morgan fingerprint density at radius 1 is 1.16 bits per heavy atom. The number of non-ortho nitro benzene ring substituents is 1. The van der Waals surface area contributed by atoms with E-state index >= 15 is 0 Å². The summed E-state index contributed by atoms with van der Waals surface area (Å²) in [7, 11) is -4.19. The van der Waals surface area contributed by atoms with Gasteiger partial charge >= 0.3 is 0 Å². The summed E-state index contributed by atoms with van der Waals surface area (Å²) in [6, 6.07) is 8.67. The Bertz CT molecular complexity index is 1460. The van der Waals surface area contributed by atoms with Crippen molar-refractivity contribution in [2.75, 3.05) is 6.54 Å². The lowest BCUT2D eigenvalue weighted by Gasteiger charge is -2.17. The standard InChI is InChI=1S/C26H33N5O6S/c1-7-13-27-25(32)24-19(6)26(30(28-24)21-14-16(3)9-10-17(21)4)37-22-12-11-20(31(33)34)15-23(22)38(35,36)29-18(5)8-2/h9-12,14-15,18,29H,7-8,13H2,1-6H3,(H,27,32). The average molecular weight is 544 g/mol. The minimum Gasteiger partial charge on any atom is -0.437 e. The zero-order valence-corrected chi connectivity index (χ0v) is 23.2. The zero-order chi connectivity index (χ0) is 28.2. The van der Waals surface area contributed by atoms with E-state index in [-0.39, 0.29) is 17.3 Å².